The lowest BCUT2D eigenvalue weighted by Crippen LogP contribution is -2.29. The van der Waals surface area contributed by atoms with Crippen molar-refractivity contribution in [1.29, 1.82) is 0 Å². The molecule has 0 saturated heterocycles. The number of benzene rings is 1. The smallest absolute Gasteiger partial charge is 0.0614 e. The molecule has 0 amide bonds. The Hall–Kier alpha value is -1.34. The summed E-state index contributed by atoms with van der Waals surface area (Å²) < 4.78 is 0. The first-order valence-corrected chi connectivity index (χ1v) is 6.83. The van der Waals surface area contributed by atoms with Crippen molar-refractivity contribution in [1.82, 2.24) is 0 Å². The molecule has 1 nitrogen and oxygen atoms in total. The number of fused-ring (bicyclic) bond motifs is 2. The van der Waals surface area contributed by atoms with Gasteiger partial charge in [0.05, 0.1) is 6.10 Å². The van der Waals surface area contributed by atoms with E-state index in [9.17, 15) is 5.11 Å². The third-order valence-electron chi connectivity index (χ3n) is 4.56. The summed E-state index contributed by atoms with van der Waals surface area (Å²) in [6.45, 7) is 3.75. The zero-order chi connectivity index (χ0) is 12.5. The molecule has 1 heteroatoms. The summed E-state index contributed by atoms with van der Waals surface area (Å²) in [6.07, 6.45) is 8.14. The summed E-state index contributed by atoms with van der Waals surface area (Å²) in [7, 11) is 0. The van der Waals surface area contributed by atoms with Crippen LogP contribution in [0.2, 0.25) is 0 Å². The van der Waals surface area contributed by atoms with Crippen LogP contribution in [-0.4, -0.2) is 11.2 Å². The van der Waals surface area contributed by atoms with E-state index in [-0.39, 0.29) is 6.10 Å². The topological polar surface area (TPSA) is 20.2 Å². The Bertz CT molecular complexity index is 448. The van der Waals surface area contributed by atoms with Crippen molar-refractivity contribution in [3.63, 3.8) is 0 Å². The first-order chi connectivity index (χ1) is 8.81. The van der Waals surface area contributed by atoms with E-state index in [2.05, 4.69) is 49.1 Å². The van der Waals surface area contributed by atoms with Gasteiger partial charge in [0, 0.05) is 0 Å². The van der Waals surface area contributed by atoms with Crippen LogP contribution in [-0.2, 0) is 0 Å². The molecule has 1 N–H and O–H groups in total. The number of allylic oxidation sites excluding steroid dienone is 2. The molecule has 0 aromatic heterocycles. The van der Waals surface area contributed by atoms with Crippen molar-refractivity contribution in [2.24, 2.45) is 17.8 Å². The highest BCUT2D eigenvalue weighted by Crippen LogP contribution is 2.54. The van der Waals surface area contributed by atoms with Gasteiger partial charge < -0.3 is 5.11 Å². The number of aliphatic hydroxyl groups is 1. The van der Waals surface area contributed by atoms with E-state index in [4.69, 9.17) is 0 Å². The highest BCUT2D eigenvalue weighted by Gasteiger charge is 2.47. The Kier molecular flexibility index (Phi) is 3.09. The van der Waals surface area contributed by atoms with E-state index < -0.39 is 0 Å². The Labute approximate surface area is 109 Å². The van der Waals surface area contributed by atoms with Gasteiger partial charge in [0.1, 0.15) is 0 Å². The molecular weight excluding hydrogens is 220 g/mol. The van der Waals surface area contributed by atoms with Crippen LogP contribution in [0, 0.1) is 17.8 Å². The molecule has 2 aliphatic carbocycles. The average molecular weight is 240 g/mol. The Morgan fingerprint density at radius 3 is 2.67 bits per heavy atom. The summed E-state index contributed by atoms with van der Waals surface area (Å²) in [5.74, 6) is 2.01. The summed E-state index contributed by atoms with van der Waals surface area (Å²) in [5, 5.41) is 10.4. The highest BCUT2D eigenvalue weighted by molar-refractivity contribution is 5.30. The maximum Gasteiger partial charge on any atom is 0.0614 e. The predicted molar refractivity (Wildman–Crippen MR) is 74.2 cm³/mol. The van der Waals surface area contributed by atoms with Crippen LogP contribution in [0.25, 0.3) is 0 Å². The monoisotopic (exact) mass is 240 g/mol. The minimum atomic E-state index is -0.257. The van der Waals surface area contributed by atoms with E-state index in [0.717, 1.165) is 0 Å². The summed E-state index contributed by atoms with van der Waals surface area (Å²) in [6, 6.07) is 10.7. The molecule has 3 rings (SSSR count). The highest BCUT2D eigenvalue weighted by atomic mass is 16.3. The quantitative estimate of drug-likeness (QED) is 0.798. The minimum absolute atomic E-state index is 0.257. The molecule has 2 bridgehead atoms. The third kappa shape index (κ3) is 1.83. The number of hydrogen-bond donors (Lipinski definition) is 1. The molecule has 18 heavy (non-hydrogen) atoms. The van der Waals surface area contributed by atoms with Gasteiger partial charge in [-0.25, -0.2) is 0 Å². The number of hydrogen-bond acceptors (Lipinski definition) is 1. The van der Waals surface area contributed by atoms with Crippen LogP contribution >= 0.6 is 0 Å². The van der Waals surface area contributed by atoms with E-state index >= 15 is 0 Å². The second-order valence-electron chi connectivity index (χ2n) is 5.55. The van der Waals surface area contributed by atoms with Crippen LogP contribution in [0.15, 0.2) is 55.1 Å². The lowest BCUT2D eigenvalue weighted by molar-refractivity contribution is 0.0853. The van der Waals surface area contributed by atoms with E-state index in [1.165, 1.54) is 12.0 Å². The van der Waals surface area contributed by atoms with Crippen LogP contribution in [0.1, 0.15) is 24.3 Å². The second kappa shape index (κ2) is 4.74. The maximum absolute atomic E-state index is 10.4. The van der Waals surface area contributed by atoms with Gasteiger partial charge in [-0.2, -0.15) is 0 Å². The molecule has 94 valence electrons. The van der Waals surface area contributed by atoms with Crippen LogP contribution < -0.4 is 0 Å². The van der Waals surface area contributed by atoms with E-state index in [0.29, 0.717) is 30.1 Å². The fraction of sp³-hybridized carbons (Fsp3) is 0.412. The van der Waals surface area contributed by atoms with Crippen molar-refractivity contribution in [3.05, 3.63) is 60.7 Å². The van der Waals surface area contributed by atoms with Gasteiger partial charge in [-0.3, -0.25) is 0 Å². The normalized spacial score (nSPS) is 34.7. The molecule has 0 heterocycles. The standard InChI is InChI=1S/C17H20O/c1-2-6-15(18)17-14-10-9-13(11-14)16(17)12-7-4-3-5-8-12/h2-5,7-10,13-18H,1,6,11H2/t13-,14+,15?,16+,17-/m0/s1. The molecule has 2 aliphatic rings. The van der Waals surface area contributed by atoms with Crippen molar-refractivity contribution in [2.75, 3.05) is 0 Å². The molecule has 1 unspecified atom stereocenters. The molecule has 0 radical (unpaired) electrons. The predicted octanol–water partition coefficient (Wildman–Crippen LogP) is 3.53. The lowest BCUT2D eigenvalue weighted by Gasteiger charge is -2.32. The maximum atomic E-state index is 10.4. The van der Waals surface area contributed by atoms with Gasteiger partial charge in [0.25, 0.3) is 0 Å². The molecular formula is C17H20O. The first-order valence-electron chi connectivity index (χ1n) is 6.83. The molecule has 5 atom stereocenters. The number of aliphatic hydroxyl groups excluding tert-OH is 1. The number of rotatable bonds is 4. The van der Waals surface area contributed by atoms with Crippen LogP contribution in [0.4, 0.5) is 0 Å². The molecule has 0 spiro atoms. The van der Waals surface area contributed by atoms with Gasteiger partial charge in [0.15, 0.2) is 0 Å². The van der Waals surface area contributed by atoms with Crippen LogP contribution in [0.5, 0.6) is 0 Å². The fourth-order valence-corrected chi connectivity index (χ4v) is 3.86. The van der Waals surface area contributed by atoms with Crippen molar-refractivity contribution in [3.8, 4) is 0 Å². The van der Waals surface area contributed by atoms with Crippen molar-refractivity contribution in [2.45, 2.75) is 24.9 Å². The second-order valence-corrected chi connectivity index (χ2v) is 5.55. The van der Waals surface area contributed by atoms with Crippen LogP contribution in [0.3, 0.4) is 0 Å². The Morgan fingerprint density at radius 2 is 1.94 bits per heavy atom. The van der Waals surface area contributed by atoms with Gasteiger partial charge in [-0.05, 0) is 42.1 Å². The fourth-order valence-electron chi connectivity index (χ4n) is 3.86. The largest absolute Gasteiger partial charge is 0.392 e. The zero-order valence-corrected chi connectivity index (χ0v) is 10.6. The average Bonchev–Trinajstić information content (AvgIpc) is 3.00. The Morgan fingerprint density at radius 1 is 1.22 bits per heavy atom. The van der Waals surface area contributed by atoms with E-state index in [1.807, 2.05) is 6.08 Å². The molecule has 1 fully saturated rings. The van der Waals surface area contributed by atoms with Crippen molar-refractivity contribution >= 4 is 0 Å². The van der Waals surface area contributed by atoms with Gasteiger partial charge in [0.2, 0.25) is 0 Å². The third-order valence-corrected chi connectivity index (χ3v) is 4.56. The summed E-state index contributed by atoms with van der Waals surface area (Å²) >= 11 is 0. The molecule has 1 aromatic rings. The molecule has 1 aromatic carbocycles. The summed E-state index contributed by atoms with van der Waals surface area (Å²) in [4.78, 5) is 0. The summed E-state index contributed by atoms with van der Waals surface area (Å²) in [5.41, 5.74) is 1.38. The SMILES string of the molecule is C=CCC(O)[C@H]1[C@H](c2ccccc2)[C@H]2C=C[C@@H]1C2. The molecule has 0 aliphatic heterocycles. The first kappa shape index (κ1) is 11.7. The van der Waals surface area contributed by atoms with Gasteiger partial charge in [-0.1, -0.05) is 48.6 Å². The van der Waals surface area contributed by atoms with Crippen molar-refractivity contribution < 1.29 is 5.11 Å². The van der Waals surface area contributed by atoms with Gasteiger partial charge in [-0.15, -0.1) is 6.58 Å². The minimum Gasteiger partial charge on any atom is -0.392 e. The molecule has 1 saturated carbocycles. The lowest BCUT2D eigenvalue weighted by atomic mass is 9.75. The van der Waals surface area contributed by atoms with Gasteiger partial charge >= 0.3 is 0 Å². The van der Waals surface area contributed by atoms with E-state index in [1.54, 1.807) is 0 Å². The zero-order valence-electron chi connectivity index (χ0n) is 10.6. The Balaban J connectivity index is 1.91.